The molecule has 0 aliphatic carbocycles. The number of para-hydroxylation sites is 2. The highest BCUT2D eigenvalue weighted by molar-refractivity contribution is 5.75. The third kappa shape index (κ3) is 3.87. The molecule has 0 saturated carbocycles. The third-order valence-corrected chi connectivity index (χ3v) is 3.64. The number of ether oxygens (including phenoxy) is 1. The number of rotatable bonds is 6. The Labute approximate surface area is 133 Å². The molecule has 0 aliphatic rings. The Hall–Kier alpha value is -2.41. The number of H-pyrrole nitrogens is 1. The van der Waals surface area contributed by atoms with Gasteiger partial charge < -0.3 is 20.0 Å². The van der Waals surface area contributed by atoms with Gasteiger partial charge in [-0.1, -0.05) is 26.0 Å². The van der Waals surface area contributed by atoms with E-state index in [1.54, 1.807) is 24.3 Å². The summed E-state index contributed by atoms with van der Waals surface area (Å²) in [4.78, 5) is 37.9. The van der Waals surface area contributed by atoms with Crippen molar-refractivity contribution in [1.82, 2.24) is 9.55 Å². The number of carbonyl (C=O) groups excluding carboxylic acids is 1. The van der Waals surface area contributed by atoms with Crippen LogP contribution in [0, 0.1) is 5.92 Å². The van der Waals surface area contributed by atoms with Gasteiger partial charge in [0.25, 0.3) is 0 Å². The zero-order chi connectivity index (χ0) is 17.0. The average molecular weight is 319 g/mol. The van der Waals surface area contributed by atoms with Gasteiger partial charge in [0.05, 0.1) is 17.6 Å². The number of aryl methyl sites for hydroxylation is 1. The molecule has 2 rings (SSSR count). The molecule has 0 saturated heterocycles. The summed E-state index contributed by atoms with van der Waals surface area (Å²) in [5.74, 6) is -0.454. The SMILES string of the molecule is CC(C)[C@H](N)C(=O)OCCCn1c(=O)c(=O)[nH]c2ccccc21. The molecule has 124 valence electrons. The van der Waals surface area contributed by atoms with Gasteiger partial charge >= 0.3 is 17.1 Å². The van der Waals surface area contributed by atoms with Crippen LogP contribution >= 0.6 is 0 Å². The number of nitrogens with one attached hydrogen (secondary N) is 1. The molecule has 1 aromatic carbocycles. The molecule has 0 radical (unpaired) electrons. The number of aromatic amines is 1. The minimum atomic E-state index is -0.664. The standard InChI is InChI=1S/C16H21N3O4/c1-10(2)13(17)16(22)23-9-5-8-19-12-7-4-3-6-11(12)18-14(20)15(19)21/h3-4,6-7,10,13H,5,8-9,17H2,1-2H3,(H,18,20)/t13-/m0/s1. The third-order valence-electron chi connectivity index (χ3n) is 3.64. The highest BCUT2D eigenvalue weighted by Crippen LogP contribution is 2.08. The maximum atomic E-state index is 12.0. The molecule has 7 heteroatoms. The lowest BCUT2D eigenvalue weighted by Crippen LogP contribution is -2.38. The summed E-state index contributed by atoms with van der Waals surface area (Å²) < 4.78 is 6.50. The molecule has 1 heterocycles. The fourth-order valence-corrected chi connectivity index (χ4v) is 2.21. The van der Waals surface area contributed by atoms with Crippen LogP contribution in [0.5, 0.6) is 0 Å². The number of aromatic nitrogens is 2. The molecule has 7 nitrogen and oxygen atoms in total. The number of benzene rings is 1. The van der Waals surface area contributed by atoms with Crippen LogP contribution in [0.25, 0.3) is 11.0 Å². The zero-order valence-corrected chi connectivity index (χ0v) is 13.2. The lowest BCUT2D eigenvalue weighted by atomic mass is 10.1. The van der Waals surface area contributed by atoms with Crippen molar-refractivity contribution in [3.63, 3.8) is 0 Å². The van der Waals surface area contributed by atoms with Crippen molar-refractivity contribution in [2.45, 2.75) is 32.9 Å². The van der Waals surface area contributed by atoms with E-state index in [0.717, 1.165) is 0 Å². The minimum absolute atomic E-state index is 0.00162. The molecular weight excluding hydrogens is 298 g/mol. The van der Waals surface area contributed by atoms with Crippen LogP contribution in [-0.4, -0.2) is 28.2 Å². The van der Waals surface area contributed by atoms with Crippen LogP contribution in [-0.2, 0) is 16.1 Å². The first-order chi connectivity index (χ1) is 10.9. The van der Waals surface area contributed by atoms with Crippen molar-refractivity contribution in [3.05, 3.63) is 45.0 Å². The van der Waals surface area contributed by atoms with E-state index in [2.05, 4.69) is 4.98 Å². The summed E-state index contributed by atoms with van der Waals surface area (Å²) in [5, 5.41) is 0. The van der Waals surface area contributed by atoms with Gasteiger partial charge in [0, 0.05) is 6.54 Å². The predicted molar refractivity (Wildman–Crippen MR) is 87.2 cm³/mol. The van der Waals surface area contributed by atoms with Gasteiger partial charge in [-0.25, -0.2) is 0 Å². The Morgan fingerprint density at radius 1 is 1.30 bits per heavy atom. The molecule has 23 heavy (non-hydrogen) atoms. The molecule has 0 unspecified atom stereocenters. The number of hydrogen-bond donors (Lipinski definition) is 2. The Morgan fingerprint density at radius 3 is 2.70 bits per heavy atom. The van der Waals surface area contributed by atoms with Gasteiger partial charge in [-0.15, -0.1) is 0 Å². The first kappa shape index (κ1) is 17.0. The van der Waals surface area contributed by atoms with E-state index < -0.39 is 23.1 Å². The first-order valence-corrected chi connectivity index (χ1v) is 7.56. The van der Waals surface area contributed by atoms with E-state index in [1.807, 2.05) is 13.8 Å². The van der Waals surface area contributed by atoms with Gasteiger partial charge in [-0.2, -0.15) is 0 Å². The van der Waals surface area contributed by atoms with E-state index in [0.29, 0.717) is 17.5 Å². The lowest BCUT2D eigenvalue weighted by Gasteiger charge is -2.15. The van der Waals surface area contributed by atoms with Gasteiger partial charge in [-0.05, 0) is 24.5 Å². The summed E-state index contributed by atoms with van der Waals surface area (Å²) >= 11 is 0. The van der Waals surface area contributed by atoms with E-state index in [1.165, 1.54) is 4.57 Å². The first-order valence-electron chi connectivity index (χ1n) is 7.56. The van der Waals surface area contributed by atoms with Crippen LogP contribution in [0.4, 0.5) is 0 Å². The summed E-state index contributed by atoms with van der Waals surface area (Å²) in [5.41, 5.74) is 5.65. The Balaban J connectivity index is 2.06. The second kappa shape index (κ2) is 7.23. The molecule has 0 amide bonds. The van der Waals surface area contributed by atoms with Crippen molar-refractivity contribution < 1.29 is 9.53 Å². The second-order valence-corrected chi connectivity index (χ2v) is 5.72. The fraction of sp³-hybridized carbons (Fsp3) is 0.438. The summed E-state index contributed by atoms with van der Waals surface area (Å²) in [6.45, 7) is 4.11. The maximum Gasteiger partial charge on any atom is 0.323 e. The molecule has 0 bridgehead atoms. The Morgan fingerprint density at radius 2 is 2.00 bits per heavy atom. The van der Waals surface area contributed by atoms with Crippen LogP contribution in [0.3, 0.4) is 0 Å². The second-order valence-electron chi connectivity index (χ2n) is 5.72. The quantitative estimate of drug-likeness (QED) is 0.461. The van der Waals surface area contributed by atoms with E-state index in [-0.39, 0.29) is 19.1 Å². The minimum Gasteiger partial charge on any atom is -0.464 e. The van der Waals surface area contributed by atoms with E-state index in [9.17, 15) is 14.4 Å². The zero-order valence-electron chi connectivity index (χ0n) is 13.2. The number of esters is 1. The average Bonchev–Trinajstić information content (AvgIpc) is 2.53. The van der Waals surface area contributed by atoms with Crippen molar-refractivity contribution >= 4 is 17.0 Å². The highest BCUT2D eigenvalue weighted by atomic mass is 16.5. The maximum absolute atomic E-state index is 12.0. The number of nitrogens with two attached hydrogens (primary N) is 1. The number of carbonyl (C=O) groups is 1. The van der Waals surface area contributed by atoms with Crippen LogP contribution < -0.4 is 16.9 Å². The van der Waals surface area contributed by atoms with Gasteiger partial charge in [0.2, 0.25) is 0 Å². The van der Waals surface area contributed by atoms with E-state index >= 15 is 0 Å². The number of hydrogen-bond acceptors (Lipinski definition) is 5. The molecule has 0 fully saturated rings. The Bertz CT molecular complexity index is 807. The largest absolute Gasteiger partial charge is 0.464 e. The van der Waals surface area contributed by atoms with Crippen molar-refractivity contribution in [2.75, 3.05) is 6.61 Å². The van der Waals surface area contributed by atoms with Crippen LogP contribution in [0.15, 0.2) is 33.9 Å². The van der Waals surface area contributed by atoms with Gasteiger partial charge in [-0.3, -0.25) is 14.4 Å². The van der Waals surface area contributed by atoms with E-state index in [4.69, 9.17) is 10.5 Å². The van der Waals surface area contributed by atoms with Crippen molar-refractivity contribution in [3.8, 4) is 0 Å². The van der Waals surface area contributed by atoms with Crippen LogP contribution in [0.1, 0.15) is 20.3 Å². The number of fused-ring (bicyclic) bond motifs is 1. The summed E-state index contributed by atoms with van der Waals surface area (Å²) in [6.07, 6.45) is 0.421. The molecule has 0 spiro atoms. The van der Waals surface area contributed by atoms with Crippen molar-refractivity contribution in [1.29, 1.82) is 0 Å². The van der Waals surface area contributed by atoms with Gasteiger partial charge in [0.1, 0.15) is 6.04 Å². The highest BCUT2D eigenvalue weighted by Gasteiger charge is 2.18. The topological polar surface area (TPSA) is 107 Å². The summed E-state index contributed by atoms with van der Waals surface area (Å²) in [6, 6.07) is 6.40. The van der Waals surface area contributed by atoms with Crippen LogP contribution in [0.2, 0.25) is 0 Å². The molecular formula is C16H21N3O4. The Kier molecular flexibility index (Phi) is 5.33. The predicted octanol–water partition coefficient (Wildman–Crippen LogP) is 0.606. The van der Waals surface area contributed by atoms with Gasteiger partial charge in [0.15, 0.2) is 0 Å². The molecule has 2 aromatic rings. The molecule has 3 N–H and O–H groups in total. The van der Waals surface area contributed by atoms with Crippen molar-refractivity contribution in [2.24, 2.45) is 11.7 Å². The molecule has 1 aromatic heterocycles. The smallest absolute Gasteiger partial charge is 0.323 e. The molecule has 1 atom stereocenters. The lowest BCUT2D eigenvalue weighted by molar-refractivity contribution is -0.146. The molecule has 0 aliphatic heterocycles. The normalized spacial score (nSPS) is 12.5. The monoisotopic (exact) mass is 319 g/mol. The summed E-state index contributed by atoms with van der Waals surface area (Å²) in [7, 11) is 0. The fourth-order valence-electron chi connectivity index (χ4n) is 2.21. The number of nitrogens with zero attached hydrogens (tertiary/aromatic N) is 1.